The Bertz CT molecular complexity index is 1380. The van der Waals surface area contributed by atoms with Gasteiger partial charge in [0.2, 0.25) is 17.7 Å². The van der Waals surface area contributed by atoms with Gasteiger partial charge in [-0.1, -0.05) is 46.2 Å². The Morgan fingerprint density at radius 2 is 1.62 bits per heavy atom. The quantitative estimate of drug-likeness (QED) is 0.0839. The van der Waals surface area contributed by atoms with Gasteiger partial charge < -0.3 is 41.5 Å². The molecular weight excluding hydrogens is 686 g/mol. The Morgan fingerprint density at radius 3 is 2.19 bits per heavy atom. The van der Waals surface area contributed by atoms with Gasteiger partial charge in [-0.05, 0) is 95.4 Å². The van der Waals surface area contributed by atoms with Crippen molar-refractivity contribution in [2.24, 2.45) is 17.6 Å². The molecule has 0 spiro atoms. The molecule has 6 atom stereocenters. The number of hydrogen-bond donors (Lipinski definition) is 8. The number of ketones is 1. The highest BCUT2D eigenvalue weighted by molar-refractivity contribution is 5.94. The molecule has 9 N–H and O–H groups in total. The van der Waals surface area contributed by atoms with Crippen molar-refractivity contribution in [2.75, 3.05) is 19.6 Å². The minimum Gasteiger partial charge on any atom is -0.508 e. The van der Waals surface area contributed by atoms with Gasteiger partial charge in [0.25, 0.3) is 0 Å². The topological polar surface area (TPSA) is 242 Å². The SMILES string of the molecule is CC[C@H](C)[C@H](NC(=O)[C@H](Cc1ccc(O)cc1)NNCC(=O)[C@@H]1CCCN1C(=O)[C@H](CCCN)NC(=O)OC(C)(C)C)C(=O)N[C@@H](CC(C)C)C(=O)O. The van der Waals surface area contributed by atoms with Crippen molar-refractivity contribution < 1.29 is 43.7 Å². The zero-order valence-electron chi connectivity index (χ0n) is 32.2. The monoisotopic (exact) mass is 747 g/mol. The van der Waals surface area contributed by atoms with E-state index < -0.39 is 65.6 Å². The van der Waals surface area contributed by atoms with Crippen LogP contribution in [0.2, 0.25) is 0 Å². The van der Waals surface area contributed by atoms with E-state index in [1.54, 1.807) is 39.8 Å². The average Bonchev–Trinajstić information content (AvgIpc) is 3.57. The molecule has 0 aromatic heterocycles. The normalized spacial score (nSPS) is 17.3. The Labute approximate surface area is 312 Å². The molecule has 0 radical (unpaired) electrons. The summed E-state index contributed by atoms with van der Waals surface area (Å²) in [5, 5.41) is 27.5. The fourth-order valence-corrected chi connectivity index (χ4v) is 5.96. The number of aliphatic carboxylic acids is 1. The van der Waals surface area contributed by atoms with Crippen LogP contribution in [-0.2, 0) is 35.1 Å². The minimum absolute atomic E-state index is 0.00151. The summed E-state index contributed by atoms with van der Waals surface area (Å²) in [6.45, 7) is 12.8. The molecule has 1 fully saturated rings. The van der Waals surface area contributed by atoms with Crippen LogP contribution in [0.1, 0.15) is 92.6 Å². The van der Waals surface area contributed by atoms with E-state index in [0.717, 1.165) is 0 Å². The van der Waals surface area contributed by atoms with Crippen molar-refractivity contribution in [2.45, 2.75) is 129 Å². The summed E-state index contributed by atoms with van der Waals surface area (Å²) in [7, 11) is 0. The molecule has 0 unspecified atom stereocenters. The summed E-state index contributed by atoms with van der Waals surface area (Å²) in [5.41, 5.74) is 11.3. The van der Waals surface area contributed by atoms with Gasteiger partial charge in [0, 0.05) is 6.54 Å². The molecular formula is C37H61N7O9. The molecule has 1 heterocycles. The highest BCUT2D eigenvalue weighted by Crippen LogP contribution is 2.21. The van der Waals surface area contributed by atoms with E-state index in [1.807, 2.05) is 20.8 Å². The van der Waals surface area contributed by atoms with Crippen LogP contribution in [0.15, 0.2) is 24.3 Å². The van der Waals surface area contributed by atoms with Gasteiger partial charge in [0.1, 0.15) is 35.5 Å². The first-order valence-electron chi connectivity index (χ1n) is 18.5. The summed E-state index contributed by atoms with van der Waals surface area (Å²) in [5.74, 6) is -3.41. The Kier molecular flexibility index (Phi) is 18.1. The second-order valence-electron chi connectivity index (χ2n) is 15.1. The molecule has 1 saturated heterocycles. The molecule has 4 amide bonds. The first kappa shape index (κ1) is 44.9. The number of nitrogens with two attached hydrogens (primary N) is 1. The number of rotatable bonds is 21. The number of carbonyl (C=O) groups excluding carboxylic acids is 5. The van der Waals surface area contributed by atoms with Crippen molar-refractivity contribution in [3.63, 3.8) is 0 Å². The number of amides is 4. The van der Waals surface area contributed by atoms with Gasteiger partial charge >= 0.3 is 12.1 Å². The molecule has 0 aliphatic carbocycles. The van der Waals surface area contributed by atoms with Crippen molar-refractivity contribution >= 4 is 35.6 Å². The van der Waals surface area contributed by atoms with E-state index in [9.17, 15) is 39.0 Å². The van der Waals surface area contributed by atoms with E-state index in [4.69, 9.17) is 10.5 Å². The van der Waals surface area contributed by atoms with E-state index in [2.05, 4.69) is 26.8 Å². The number of carbonyl (C=O) groups is 6. The smallest absolute Gasteiger partial charge is 0.408 e. The summed E-state index contributed by atoms with van der Waals surface area (Å²) in [4.78, 5) is 80.2. The van der Waals surface area contributed by atoms with Crippen LogP contribution in [0.3, 0.4) is 0 Å². The fraction of sp³-hybridized carbons (Fsp3) is 0.676. The van der Waals surface area contributed by atoms with Crippen LogP contribution in [0.25, 0.3) is 0 Å². The van der Waals surface area contributed by atoms with Crippen LogP contribution < -0.4 is 32.5 Å². The third kappa shape index (κ3) is 15.3. The molecule has 1 aromatic rings. The minimum atomic E-state index is -1.17. The lowest BCUT2D eigenvalue weighted by Crippen LogP contribution is -2.59. The molecule has 0 bridgehead atoms. The van der Waals surface area contributed by atoms with E-state index >= 15 is 0 Å². The molecule has 16 heteroatoms. The number of ether oxygens (including phenoxy) is 1. The van der Waals surface area contributed by atoms with Gasteiger partial charge in [-0.3, -0.25) is 19.2 Å². The van der Waals surface area contributed by atoms with Crippen LogP contribution in [0.4, 0.5) is 4.79 Å². The molecule has 1 aliphatic heterocycles. The van der Waals surface area contributed by atoms with Crippen molar-refractivity contribution in [3.8, 4) is 5.75 Å². The number of benzene rings is 1. The maximum absolute atomic E-state index is 13.8. The third-order valence-corrected chi connectivity index (χ3v) is 8.94. The maximum atomic E-state index is 13.8. The molecule has 2 rings (SSSR count). The molecule has 1 aromatic carbocycles. The summed E-state index contributed by atoms with van der Waals surface area (Å²) >= 11 is 0. The number of nitrogens with one attached hydrogen (secondary N) is 5. The lowest BCUT2D eigenvalue weighted by Gasteiger charge is -2.30. The second kappa shape index (κ2) is 21.4. The fourth-order valence-electron chi connectivity index (χ4n) is 5.96. The van der Waals surface area contributed by atoms with Crippen LogP contribution in [0.5, 0.6) is 5.75 Å². The maximum Gasteiger partial charge on any atom is 0.408 e. The largest absolute Gasteiger partial charge is 0.508 e. The Hall–Kier alpha value is -4.28. The first-order valence-corrected chi connectivity index (χ1v) is 18.5. The number of aromatic hydroxyl groups is 1. The van der Waals surface area contributed by atoms with Gasteiger partial charge in [-0.15, -0.1) is 0 Å². The standard InChI is InChI=1S/C37H61N7O9/c1-8-23(4)31(33(48)40-28(35(50)51)19-22(2)3)42-32(47)27(20-24-13-15-25(45)16-14-24)43-39-21-30(46)29-12-10-18-44(29)34(49)26(11-9-17-38)41-36(52)53-37(5,6)7/h13-16,22-23,26-29,31,39,43,45H,8-12,17-21,38H2,1-7H3,(H,40,48)(H,41,52)(H,42,47)(H,50,51)/t23-,26-,27-,28-,29-,31-/m0/s1. The number of phenolic OH excluding ortho intramolecular Hbond substituents is 1. The Morgan fingerprint density at radius 1 is 0.962 bits per heavy atom. The molecule has 0 saturated carbocycles. The molecule has 16 nitrogen and oxygen atoms in total. The number of hydrazine groups is 1. The lowest BCUT2D eigenvalue weighted by molar-refractivity contribution is -0.143. The number of nitrogens with zero attached hydrogens (tertiary/aromatic N) is 1. The molecule has 298 valence electrons. The van der Waals surface area contributed by atoms with Crippen molar-refractivity contribution in [1.82, 2.24) is 31.7 Å². The van der Waals surface area contributed by atoms with Gasteiger partial charge in [0.15, 0.2) is 5.78 Å². The summed E-state index contributed by atoms with van der Waals surface area (Å²) in [6, 6.07) is 1.33. The van der Waals surface area contributed by atoms with E-state index in [0.29, 0.717) is 44.3 Å². The Balaban J connectivity index is 2.20. The number of phenols is 1. The average molecular weight is 748 g/mol. The zero-order valence-corrected chi connectivity index (χ0v) is 32.2. The van der Waals surface area contributed by atoms with Gasteiger partial charge in [-0.25, -0.2) is 20.4 Å². The van der Waals surface area contributed by atoms with Crippen molar-refractivity contribution in [3.05, 3.63) is 29.8 Å². The van der Waals surface area contributed by atoms with Gasteiger partial charge in [-0.2, -0.15) is 0 Å². The first-order chi connectivity index (χ1) is 24.9. The predicted molar refractivity (Wildman–Crippen MR) is 198 cm³/mol. The van der Waals surface area contributed by atoms with Crippen molar-refractivity contribution in [1.29, 1.82) is 0 Å². The molecule has 53 heavy (non-hydrogen) atoms. The molecule has 1 aliphatic rings. The second-order valence-corrected chi connectivity index (χ2v) is 15.1. The predicted octanol–water partition coefficient (Wildman–Crippen LogP) is 1.74. The number of alkyl carbamates (subject to hydrolysis) is 1. The summed E-state index contributed by atoms with van der Waals surface area (Å²) in [6.07, 6.45) is 1.81. The van der Waals surface area contributed by atoms with E-state index in [-0.39, 0.29) is 49.2 Å². The lowest BCUT2D eigenvalue weighted by atomic mass is 9.96. The third-order valence-electron chi connectivity index (χ3n) is 8.94. The number of Topliss-reactive ketones (excluding diaryl/α,β-unsaturated/α-hetero) is 1. The highest BCUT2D eigenvalue weighted by Gasteiger charge is 2.38. The summed E-state index contributed by atoms with van der Waals surface area (Å²) < 4.78 is 5.35. The number of hydrogen-bond acceptors (Lipinski definition) is 11. The van der Waals surface area contributed by atoms with Crippen LogP contribution in [-0.4, -0.2) is 106 Å². The van der Waals surface area contributed by atoms with Gasteiger partial charge in [0.05, 0.1) is 12.6 Å². The number of likely N-dealkylation sites (tertiary alicyclic amines) is 1. The highest BCUT2D eigenvalue weighted by atomic mass is 16.6. The van der Waals surface area contributed by atoms with Crippen LogP contribution >= 0.6 is 0 Å². The van der Waals surface area contributed by atoms with Crippen LogP contribution in [0, 0.1) is 11.8 Å². The number of carboxylic acid groups (broad SMARTS) is 1. The van der Waals surface area contributed by atoms with E-state index in [1.165, 1.54) is 17.0 Å². The zero-order chi connectivity index (χ0) is 39.9. The number of carboxylic acids is 1.